The Kier molecular flexibility index (Phi) is 10.3. The number of aromatic amines is 1. The highest BCUT2D eigenvalue weighted by atomic mass is 32.5. The van der Waals surface area contributed by atoms with Gasteiger partial charge in [0, 0.05) is 18.7 Å². The fourth-order valence-corrected chi connectivity index (χ4v) is 5.38. The number of nitrogens with zero attached hydrogens (tertiary/aromatic N) is 1. The van der Waals surface area contributed by atoms with Crippen LogP contribution >= 0.6 is 6.64 Å². The molecule has 1 aromatic heterocycles. The number of para-hydroxylation sites is 1. The molecule has 3 rings (SSSR count). The Bertz CT molecular complexity index is 1370. The van der Waals surface area contributed by atoms with Gasteiger partial charge in [0.25, 0.3) is 12.2 Å². The summed E-state index contributed by atoms with van der Waals surface area (Å²) in [6.45, 7) is 3.88. The molecule has 220 valence electrons. The number of hydrogen-bond donors (Lipinski definition) is 4. The third-order valence-electron chi connectivity index (χ3n) is 5.69. The fourth-order valence-electron chi connectivity index (χ4n) is 3.86. The highest BCUT2D eigenvalue weighted by Gasteiger charge is 2.56. The summed E-state index contributed by atoms with van der Waals surface area (Å²) in [7, 11) is 0. The van der Waals surface area contributed by atoms with Gasteiger partial charge < -0.3 is 38.6 Å². The van der Waals surface area contributed by atoms with Crippen LogP contribution in [0.1, 0.15) is 47.3 Å². The Balaban J connectivity index is 1.82. The van der Waals surface area contributed by atoms with E-state index in [0.29, 0.717) is 5.75 Å². The predicted molar refractivity (Wildman–Crippen MR) is 148 cm³/mol. The molecule has 0 unspecified atom stereocenters. The molecule has 5 atom stereocenters. The van der Waals surface area contributed by atoms with Gasteiger partial charge in [-0.3, -0.25) is 19.1 Å². The average molecular weight is 600 g/mol. The lowest BCUT2D eigenvalue weighted by molar-refractivity contribution is -0.163. The highest BCUT2D eigenvalue weighted by molar-refractivity contribution is 8.08. The van der Waals surface area contributed by atoms with Crippen molar-refractivity contribution in [1.29, 1.82) is 0 Å². The Morgan fingerprint density at radius 3 is 2.55 bits per heavy atom. The summed E-state index contributed by atoms with van der Waals surface area (Å²) in [4.78, 5) is 49.1. The van der Waals surface area contributed by atoms with E-state index in [1.54, 1.807) is 52.0 Å². The van der Waals surface area contributed by atoms with Gasteiger partial charge in [-0.05, 0) is 51.6 Å². The maximum absolute atomic E-state index is 12.4. The van der Waals surface area contributed by atoms with Crippen molar-refractivity contribution < 1.29 is 38.3 Å². The van der Waals surface area contributed by atoms with E-state index in [-0.39, 0.29) is 24.2 Å². The predicted octanol–water partition coefficient (Wildman–Crippen LogP) is 2.02. The van der Waals surface area contributed by atoms with Gasteiger partial charge in [0.2, 0.25) is 0 Å². The van der Waals surface area contributed by atoms with Crippen LogP contribution in [-0.2, 0) is 35.3 Å². The first-order valence-corrected chi connectivity index (χ1v) is 15.2. The minimum absolute atomic E-state index is 0.00694. The quantitative estimate of drug-likeness (QED) is 0.159. The normalized spacial score (nSPS) is 24.6. The molecule has 40 heavy (non-hydrogen) atoms. The molecule has 0 radical (unpaired) electrons. The number of carbonyl (C=O) groups is 1. The van der Waals surface area contributed by atoms with Crippen molar-refractivity contribution in [3.63, 3.8) is 0 Å². The lowest BCUT2D eigenvalue weighted by Crippen LogP contribution is -2.49. The van der Waals surface area contributed by atoms with Gasteiger partial charge in [-0.25, -0.2) is 4.79 Å². The van der Waals surface area contributed by atoms with E-state index in [2.05, 4.69) is 10.1 Å². The van der Waals surface area contributed by atoms with Crippen molar-refractivity contribution in [2.75, 3.05) is 6.61 Å². The van der Waals surface area contributed by atoms with Crippen molar-refractivity contribution >= 4 is 24.4 Å². The van der Waals surface area contributed by atoms with Crippen LogP contribution in [0.25, 0.3) is 0 Å². The molecule has 13 nitrogen and oxygen atoms in total. The number of hydrogen-bond acceptors (Lipinski definition) is 10. The number of carbonyl (C=O) groups excluding carboxylic acids is 1. The second kappa shape index (κ2) is 13.1. The molecule has 0 spiro atoms. The average Bonchev–Trinajstić information content (AvgIpc) is 3.11. The third-order valence-corrected chi connectivity index (χ3v) is 7.40. The van der Waals surface area contributed by atoms with Crippen molar-refractivity contribution in [1.82, 2.24) is 14.6 Å². The standard InChI is InChI=1S/C25H34N3O10PS/c1-6-20(30)38-21-18(37-23(25(21,5)32)28-13-12-19(29)26-24(28)31)14-34-39(33,40)27-16(4)22(35-15(2)3)36-17-10-8-7-9-11-17/h7-13,15,18,21,23,32H,6,14H2,1-5H3,(H,26,29,31)(H2,27,33,40)/t18-,21-,23-,25-,39+/m1/s1. The number of rotatable bonds is 12. The van der Waals surface area contributed by atoms with E-state index in [4.69, 9.17) is 35.3 Å². The van der Waals surface area contributed by atoms with Crippen molar-refractivity contribution in [2.24, 2.45) is 0 Å². The fraction of sp³-hybridized carbons (Fsp3) is 0.480. The van der Waals surface area contributed by atoms with Crippen LogP contribution < -0.4 is 21.1 Å². The maximum Gasteiger partial charge on any atom is 0.330 e. The van der Waals surface area contributed by atoms with Gasteiger partial charge >= 0.3 is 17.6 Å². The molecule has 4 N–H and O–H groups in total. The number of ether oxygens (including phenoxy) is 4. The number of benzene rings is 1. The molecule has 0 bridgehead atoms. The van der Waals surface area contributed by atoms with Gasteiger partial charge in [-0.1, -0.05) is 25.1 Å². The van der Waals surface area contributed by atoms with Crippen LogP contribution in [0.15, 0.2) is 63.8 Å². The van der Waals surface area contributed by atoms with Gasteiger partial charge in [-0.15, -0.1) is 0 Å². The second-order valence-corrected chi connectivity index (χ2v) is 12.5. The minimum atomic E-state index is -3.77. The molecule has 0 amide bonds. The zero-order valence-electron chi connectivity index (χ0n) is 22.7. The molecule has 1 fully saturated rings. The molecule has 1 saturated heterocycles. The summed E-state index contributed by atoms with van der Waals surface area (Å²) in [5.74, 6) is -0.0697. The summed E-state index contributed by atoms with van der Waals surface area (Å²) < 4.78 is 29.5. The molecular weight excluding hydrogens is 565 g/mol. The van der Waals surface area contributed by atoms with Crippen LogP contribution in [0.5, 0.6) is 5.75 Å². The number of H-pyrrole nitrogens is 1. The monoisotopic (exact) mass is 599 g/mol. The number of allylic oxidation sites excluding steroid dienone is 1. The third kappa shape index (κ3) is 8.03. The summed E-state index contributed by atoms with van der Waals surface area (Å²) in [5, 5.41) is 14.0. The lowest BCUT2D eigenvalue weighted by atomic mass is 9.96. The number of aliphatic hydroxyl groups is 1. The summed E-state index contributed by atoms with van der Waals surface area (Å²) >= 11 is 5.28. The van der Waals surface area contributed by atoms with E-state index in [1.807, 2.05) is 6.07 Å². The molecular formula is C25H34N3O10PS. The van der Waals surface area contributed by atoms with Crippen molar-refractivity contribution in [2.45, 2.75) is 71.2 Å². The smallest absolute Gasteiger partial charge is 0.330 e. The molecule has 0 aliphatic carbocycles. The Hall–Kier alpha value is -3.00. The van der Waals surface area contributed by atoms with Crippen LogP contribution in [0.3, 0.4) is 0 Å². The number of aromatic nitrogens is 2. The van der Waals surface area contributed by atoms with Crippen LogP contribution in [0, 0.1) is 0 Å². The van der Waals surface area contributed by atoms with E-state index in [9.17, 15) is 24.4 Å². The van der Waals surface area contributed by atoms with E-state index in [0.717, 1.165) is 16.8 Å². The second-order valence-electron chi connectivity index (χ2n) is 9.46. The first-order chi connectivity index (χ1) is 18.7. The minimum Gasteiger partial charge on any atom is -0.461 e. The topological polar surface area (TPSA) is 171 Å². The van der Waals surface area contributed by atoms with Crippen molar-refractivity contribution in [3.8, 4) is 5.75 Å². The Labute approximate surface area is 235 Å². The molecule has 2 aromatic rings. The largest absolute Gasteiger partial charge is 0.461 e. The maximum atomic E-state index is 12.4. The summed E-state index contributed by atoms with van der Waals surface area (Å²) in [6, 6.07) is 9.95. The molecule has 1 aromatic carbocycles. The van der Waals surface area contributed by atoms with Gasteiger partial charge in [-0.2, -0.15) is 0 Å². The van der Waals surface area contributed by atoms with E-state index < -0.39 is 54.5 Å². The molecule has 15 heteroatoms. The molecule has 1 aliphatic heterocycles. The van der Waals surface area contributed by atoms with Crippen LogP contribution in [0.2, 0.25) is 0 Å². The van der Waals surface area contributed by atoms with Crippen LogP contribution in [-0.4, -0.2) is 56.0 Å². The van der Waals surface area contributed by atoms with Gasteiger partial charge in [0.05, 0.1) is 18.4 Å². The van der Waals surface area contributed by atoms with Gasteiger partial charge in [0.1, 0.15) is 17.5 Å². The zero-order valence-corrected chi connectivity index (χ0v) is 24.4. The van der Waals surface area contributed by atoms with E-state index >= 15 is 0 Å². The molecule has 0 saturated carbocycles. The van der Waals surface area contributed by atoms with Gasteiger partial charge in [0.15, 0.2) is 12.3 Å². The number of esters is 1. The molecule has 2 heterocycles. The zero-order chi connectivity index (χ0) is 29.7. The first kappa shape index (κ1) is 31.5. The highest BCUT2D eigenvalue weighted by Crippen LogP contribution is 2.44. The van der Waals surface area contributed by atoms with Crippen LogP contribution in [0.4, 0.5) is 0 Å². The SMILES string of the molecule is CCC(=O)O[C@@H]1[C@@H](CO[P@](O)(=S)NC(C)=C(Oc2ccccc2)OC(C)C)O[C@@H](n2ccc(=O)[nH]c2=O)[C@]1(C)O. The molecule has 1 aliphatic rings. The lowest BCUT2D eigenvalue weighted by Gasteiger charge is -2.30. The van der Waals surface area contributed by atoms with E-state index in [1.165, 1.54) is 6.92 Å². The number of nitrogens with one attached hydrogen (secondary N) is 2. The Morgan fingerprint density at radius 2 is 1.95 bits per heavy atom. The Morgan fingerprint density at radius 1 is 1.27 bits per heavy atom. The first-order valence-electron chi connectivity index (χ1n) is 12.5. The van der Waals surface area contributed by atoms with Crippen molar-refractivity contribution in [3.05, 3.63) is 75.1 Å². The summed E-state index contributed by atoms with van der Waals surface area (Å²) in [6.07, 6.45) is -2.93. The summed E-state index contributed by atoms with van der Waals surface area (Å²) in [5.41, 5.74) is -3.15.